The molecule has 0 spiro atoms. The minimum Gasteiger partial charge on any atom is -0.364 e. The number of thioether (sulfide) groups is 1. The zero-order chi connectivity index (χ0) is 9.59. The van der Waals surface area contributed by atoms with Gasteiger partial charge in [-0.05, 0) is 6.42 Å². The van der Waals surface area contributed by atoms with Gasteiger partial charge in [0.25, 0.3) is 5.91 Å². The highest BCUT2D eigenvalue weighted by Crippen LogP contribution is 2.47. The molecule has 0 aromatic rings. The summed E-state index contributed by atoms with van der Waals surface area (Å²) in [7, 11) is 0. The molecule has 2 N–H and O–H groups in total. The van der Waals surface area contributed by atoms with Crippen LogP contribution in [-0.4, -0.2) is 21.2 Å². The van der Waals surface area contributed by atoms with Crippen molar-refractivity contribution >= 4 is 34.9 Å². The second-order valence-corrected chi connectivity index (χ2v) is 4.77. The number of thiocarbonyl (C=S) groups is 1. The molecule has 1 amide bonds. The first-order chi connectivity index (χ1) is 6.15. The lowest BCUT2D eigenvalue weighted by Crippen LogP contribution is -2.48. The van der Waals surface area contributed by atoms with Gasteiger partial charge in [-0.2, -0.15) is 0 Å². The molecule has 2 heterocycles. The van der Waals surface area contributed by atoms with Crippen molar-refractivity contribution in [1.82, 2.24) is 4.90 Å². The Balaban J connectivity index is 2.34. The second kappa shape index (κ2) is 2.99. The fraction of sp³-hybridized carbons (Fsp3) is 0.500. The Bertz CT molecular complexity index is 324. The molecule has 2 aliphatic heterocycles. The van der Waals surface area contributed by atoms with Gasteiger partial charge in [0.15, 0.2) is 0 Å². The van der Waals surface area contributed by atoms with Gasteiger partial charge in [0.05, 0.1) is 10.4 Å². The zero-order valence-electron chi connectivity index (χ0n) is 7.24. The van der Waals surface area contributed by atoms with Gasteiger partial charge in [-0.25, -0.2) is 0 Å². The lowest BCUT2D eigenvalue weighted by molar-refractivity contribution is -0.115. The molecule has 0 aromatic carbocycles. The summed E-state index contributed by atoms with van der Waals surface area (Å²) in [4.78, 5) is 15.0. The third kappa shape index (κ3) is 1.18. The molecule has 0 unspecified atom stereocenters. The average Bonchev–Trinajstić information content (AvgIpc) is 2.37. The van der Waals surface area contributed by atoms with Crippen LogP contribution in [0.2, 0.25) is 0 Å². The molecule has 0 bridgehead atoms. The Morgan fingerprint density at radius 2 is 2.54 bits per heavy atom. The largest absolute Gasteiger partial charge is 0.364 e. The molecule has 0 radical (unpaired) electrons. The molecule has 2 rings (SSSR count). The van der Waals surface area contributed by atoms with E-state index in [1.807, 2.05) is 11.8 Å². The van der Waals surface area contributed by atoms with E-state index in [2.05, 4.69) is 0 Å². The summed E-state index contributed by atoms with van der Waals surface area (Å²) < 4.78 is 0. The van der Waals surface area contributed by atoms with Gasteiger partial charge in [0.2, 0.25) is 0 Å². The number of hydrogen-bond acceptors (Lipinski definition) is 3. The van der Waals surface area contributed by atoms with Crippen LogP contribution in [0.4, 0.5) is 0 Å². The molecule has 0 aliphatic carbocycles. The van der Waals surface area contributed by atoms with E-state index < -0.39 is 0 Å². The lowest BCUT2D eigenvalue weighted by atomic mass is 10.1. The molecule has 3 nitrogen and oxygen atoms in total. The Morgan fingerprint density at radius 3 is 3.00 bits per heavy atom. The van der Waals surface area contributed by atoms with Crippen molar-refractivity contribution in [3.8, 4) is 0 Å². The number of carbonyl (C=O) groups is 1. The van der Waals surface area contributed by atoms with Crippen LogP contribution in [-0.2, 0) is 4.79 Å². The summed E-state index contributed by atoms with van der Waals surface area (Å²) in [5.41, 5.74) is 5.93. The molecule has 0 aromatic heterocycles. The van der Waals surface area contributed by atoms with Gasteiger partial charge in [-0.3, -0.25) is 4.79 Å². The van der Waals surface area contributed by atoms with Gasteiger partial charge in [0.1, 0.15) is 5.70 Å². The van der Waals surface area contributed by atoms with Gasteiger partial charge < -0.3 is 10.6 Å². The van der Waals surface area contributed by atoms with Crippen molar-refractivity contribution in [1.29, 1.82) is 0 Å². The smallest absolute Gasteiger partial charge is 0.266 e. The maximum atomic E-state index is 11.2. The monoisotopic (exact) mass is 214 g/mol. The van der Waals surface area contributed by atoms with Crippen molar-refractivity contribution in [3.05, 3.63) is 10.6 Å². The standard InChI is InChI=1S/C8H10N2OS2/c1-2-4-7(8(9)11)10-5(12)3-6(10)13-4/h6H,2-3H2,1H3,(H2,9,11)/t6-/m0/s1. The fourth-order valence-corrected chi connectivity index (χ4v) is 3.55. The van der Waals surface area contributed by atoms with Gasteiger partial charge >= 0.3 is 0 Å². The predicted octanol–water partition coefficient (Wildman–Crippen LogP) is 1.20. The predicted molar refractivity (Wildman–Crippen MR) is 56.9 cm³/mol. The van der Waals surface area contributed by atoms with Gasteiger partial charge in [-0.1, -0.05) is 19.1 Å². The number of allylic oxidation sites excluding steroid dienone is 1. The first-order valence-electron chi connectivity index (χ1n) is 4.16. The highest BCUT2D eigenvalue weighted by atomic mass is 32.2. The van der Waals surface area contributed by atoms with Crippen LogP contribution >= 0.6 is 24.0 Å². The van der Waals surface area contributed by atoms with Crippen molar-refractivity contribution in [3.63, 3.8) is 0 Å². The highest BCUT2D eigenvalue weighted by Gasteiger charge is 2.44. The number of rotatable bonds is 2. The molecule has 70 valence electrons. The van der Waals surface area contributed by atoms with Crippen LogP contribution in [0.25, 0.3) is 0 Å². The summed E-state index contributed by atoms with van der Waals surface area (Å²) in [5, 5.41) is 0.352. The molecule has 1 saturated heterocycles. The van der Waals surface area contributed by atoms with Gasteiger partial charge in [-0.15, -0.1) is 11.8 Å². The Hall–Kier alpha value is -0.550. The SMILES string of the molecule is CCC1=C(C(N)=O)N2C(=S)C[C@@H]2S1. The van der Waals surface area contributed by atoms with Crippen molar-refractivity contribution in [2.45, 2.75) is 25.1 Å². The van der Waals surface area contributed by atoms with E-state index in [4.69, 9.17) is 18.0 Å². The highest BCUT2D eigenvalue weighted by molar-refractivity contribution is 8.04. The maximum Gasteiger partial charge on any atom is 0.266 e. The molecule has 5 heteroatoms. The number of carbonyl (C=O) groups excluding carboxylic acids is 1. The minimum atomic E-state index is -0.353. The Labute approximate surface area is 86.3 Å². The van der Waals surface area contributed by atoms with Crippen LogP contribution < -0.4 is 5.73 Å². The van der Waals surface area contributed by atoms with Crippen LogP contribution in [0.5, 0.6) is 0 Å². The number of nitrogens with two attached hydrogens (primary N) is 1. The summed E-state index contributed by atoms with van der Waals surface area (Å²) in [5.74, 6) is -0.353. The number of nitrogens with zero attached hydrogens (tertiary/aromatic N) is 1. The molecule has 13 heavy (non-hydrogen) atoms. The molecule has 0 saturated carbocycles. The number of primary amides is 1. The topological polar surface area (TPSA) is 46.3 Å². The average molecular weight is 214 g/mol. The third-order valence-corrected chi connectivity index (χ3v) is 4.02. The summed E-state index contributed by atoms with van der Waals surface area (Å²) in [6.07, 6.45) is 1.76. The first kappa shape index (κ1) is 9.02. The summed E-state index contributed by atoms with van der Waals surface area (Å²) >= 11 is 6.81. The van der Waals surface area contributed by atoms with Crippen LogP contribution in [0.1, 0.15) is 19.8 Å². The first-order valence-corrected chi connectivity index (χ1v) is 5.45. The fourth-order valence-electron chi connectivity index (χ4n) is 1.61. The van der Waals surface area contributed by atoms with E-state index >= 15 is 0 Å². The van der Waals surface area contributed by atoms with Crippen molar-refractivity contribution in [2.24, 2.45) is 5.73 Å². The molecule has 2 aliphatic rings. The minimum absolute atomic E-state index is 0.352. The van der Waals surface area contributed by atoms with E-state index in [1.54, 1.807) is 11.8 Å². The molecular formula is C8H10N2OS2. The van der Waals surface area contributed by atoms with Gasteiger partial charge in [0, 0.05) is 11.3 Å². The number of fused-ring (bicyclic) bond motifs is 1. The Morgan fingerprint density at radius 1 is 1.85 bits per heavy atom. The number of amides is 1. The quantitative estimate of drug-likeness (QED) is 0.702. The second-order valence-electron chi connectivity index (χ2n) is 3.03. The molecule has 1 atom stereocenters. The summed E-state index contributed by atoms with van der Waals surface area (Å²) in [6.45, 7) is 2.03. The molecule has 1 fully saturated rings. The van der Waals surface area contributed by atoms with E-state index in [-0.39, 0.29) is 5.91 Å². The number of hydrogen-bond donors (Lipinski definition) is 1. The maximum absolute atomic E-state index is 11.2. The normalized spacial score (nSPS) is 26.1. The third-order valence-electron chi connectivity index (χ3n) is 2.24. The van der Waals surface area contributed by atoms with Crippen LogP contribution in [0, 0.1) is 0 Å². The van der Waals surface area contributed by atoms with E-state index in [0.717, 1.165) is 22.7 Å². The van der Waals surface area contributed by atoms with E-state index in [0.29, 0.717) is 11.1 Å². The summed E-state index contributed by atoms with van der Waals surface area (Å²) in [6, 6.07) is 0. The Kier molecular flexibility index (Phi) is 2.08. The zero-order valence-corrected chi connectivity index (χ0v) is 8.87. The van der Waals surface area contributed by atoms with Crippen LogP contribution in [0.3, 0.4) is 0 Å². The van der Waals surface area contributed by atoms with E-state index in [1.165, 1.54) is 0 Å². The van der Waals surface area contributed by atoms with E-state index in [9.17, 15) is 4.79 Å². The molecular weight excluding hydrogens is 204 g/mol. The lowest BCUT2D eigenvalue weighted by Gasteiger charge is -2.37. The van der Waals surface area contributed by atoms with Crippen molar-refractivity contribution in [2.75, 3.05) is 0 Å². The van der Waals surface area contributed by atoms with Crippen molar-refractivity contribution < 1.29 is 4.79 Å². The van der Waals surface area contributed by atoms with Crippen LogP contribution in [0.15, 0.2) is 10.6 Å².